The summed E-state index contributed by atoms with van der Waals surface area (Å²) in [6.45, 7) is 1.75. The average Bonchev–Trinajstić information content (AvgIpc) is 2.49. The Morgan fingerprint density at radius 3 is 2.68 bits per heavy atom. The van der Waals surface area contributed by atoms with E-state index in [2.05, 4.69) is 10.3 Å². The molecule has 2 aromatic rings. The topological polar surface area (TPSA) is 76.1 Å². The van der Waals surface area contributed by atoms with E-state index in [1.165, 1.54) is 24.4 Å². The van der Waals surface area contributed by atoms with Crippen molar-refractivity contribution < 1.29 is 17.6 Å². The van der Waals surface area contributed by atoms with Crippen molar-refractivity contribution in [3.05, 3.63) is 59.5 Å². The van der Waals surface area contributed by atoms with Gasteiger partial charge in [0.1, 0.15) is 11.6 Å². The molecule has 1 aromatic carbocycles. The number of aryl methyl sites for hydroxylation is 1. The van der Waals surface area contributed by atoms with Crippen molar-refractivity contribution in [2.24, 2.45) is 0 Å². The minimum atomic E-state index is -3.76. The maximum absolute atomic E-state index is 13.1. The second kappa shape index (κ2) is 6.65. The first-order chi connectivity index (χ1) is 10.4. The summed E-state index contributed by atoms with van der Waals surface area (Å²) in [4.78, 5) is 15.5. The van der Waals surface area contributed by atoms with Crippen molar-refractivity contribution in [3.8, 4) is 0 Å². The Balaban J connectivity index is 1.97. The second-order valence-electron chi connectivity index (χ2n) is 4.79. The zero-order valence-electron chi connectivity index (χ0n) is 11.9. The summed E-state index contributed by atoms with van der Waals surface area (Å²) in [5.74, 6) is -1.63. The Labute approximate surface area is 128 Å². The molecule has 5 nitrogen and oxygen atoms in total. The molecule has 0 aliphatic carbocycles. The molecule has 22 heavy (non-hydrogen) atoms. The lowest BCUT2D eigenvalue weighted by molar-refractivity contribution is -0.118. The van der Waals surface area contributed by atoms with Crippen LogP contribution in [0.3, 0.4) is 0 Å². The number of carbonyl (C=O) groups excluding carboxylic acids is 1. The highest BCUT2D eigenvalue weighted by Crippen LogP contribution is 2.09. The first-order valence-corrected chi connectivity index (χ1v) is 8.19. The third-order valence-electron chi connectivity index (χ3n) is 2.99. The number of hydrogen-bond donors (Lipinski definition) is 1. The van der Waals surface area contributed by atoms with Gasteiger partial charge >= 0.3 is 0 Å². The number of halogens is 1. The highest BCUT2D eigenvalue weighted by atomic mass is 32.2. The fraction of sp³-hybridized carbons (Fsp3) is 0.200. The predicted octanol–water partition coefficient (Wildman–Crippen LogP) is 1.62. The minimum absolute atomic E-state index is 0.136. The summed E-state index contributed by atoms with van der Waals surface area (Å²) in [6.07, 6.45) is 1.35. The number of pyridine rings is 1. The lowest BCUT2D eigenvalue weighted by Crippen LogP contribution is -2.30. The van der Waals surface area contributed by atoms with Crippen LogP contribution in [0.5, 0.6) is 0 Å². The van der Waals surface area contributed by atoms with E-state index in [9.17, 15) is 17.6 Å². The summed E-state index contributed by atoms with van der Waals surface area (Å²) in [5.41, 5.74) is 1.16. The standard InChI is InChI=1S/C15H15FN2O3S/c1-11-8-12(5-6-13(11)16)9-18-14(19)10-22(20,21)15-4-2-3-7-17-15/h2-8H,9-10H2,1H3,(H,18,19). The Morgan fingerprint density at radius 2 is 2.05 bits per heavy atom. The fourth-order valence-corrected chi connectivity index (χ4v) is 2.95. The van der Waals surface area contributed by atoms with Gasteiger partial charge in [0.2, 0.25) is 15.7 Å². The van der Waals surface area contributed by atoms with Crippen molar-refractivity contribution in [1.82, 2.24) is 10.3 Å². The van der Waals surface area contributed by atoms with E-state index in [-0.39, 0.29) is 17.4 Å². The maximum atomic E-state index is 13.1. The van der Waals surface area contributed by atoms with E-state index in [1.54, 1.807) is 25.1 Å². The number of carbonyl (C=O) groups is 1. The van der Waals surface area contributed by atoms with Crippen molar-refractivity contribution in [2.45, 2.75) is 18.5 Å². The summed E-state index contributed by atoms with van der Waals surface area (Å²) >= 11 is 0. The van der Waals surface area contributed by atoms with Gasteiger partial charge in [-0.2, -0.15) is 0 Å². The van der Waals surface area contributed by atoms with Gasteiger partial charge in [-0.05, 0) is 36.2 Å². The molecule has 0 saturated heterocycles. The first kappa shape index (κ1) is 16.1. The van der Waals surface area contributed by atoms with Crippen molar-refractivity contribution in [1.29, 1.82) is 0 Å². The molecule has 1 aromatic heterocycles. The fourth-order valence-electron chi connectivity index (χ4n) is 1.85. The molecular weight excluding hydrogens is 307 g/mol. The maximum Gasteiger partial charge on any atom is 0.235 e. The lowest BCUT2D eigenvalue weighted by Gasteiger charge is -2.07. The van der Waals surface area contributed by atoms with Gasteiger partial charge in [0.25, 0.3) is 0 Å². The van der Waals surface area contributed by atoms with E-state index >= 15 is 0 Å². The van der Waals surface area contributed by atoms with Crippen LogP contribution in [0.25, 0.3) is 0 Å². The van der Waals surface area contributed by atoms with Gasteiger partial charge in [0, 0.05) is 12.7 Å². The molecule has 0 aliphatic rings. The average molecular weight is 322 g/mol. The third-order valence-corrected chi connectivity index (χ3v) is 4.51. The number of hydrogen-bond acceptors (Lipinski definition) is 4. The SMILES string of the molecule is Cc1cc(CNC(=O)CS(=O)(=O)c2ccccn2)ccc1F. The molecule has 0 unspecified atom stereocenters. The van der Waals surface area contributed by atoms with Crippen LogP contribution in [0.15, 0.2) is 47.6 Å². The van der Waals surface area contributed by atoms with Gasteiger partial charge in [-0.15, -0.1) is 0 Å². The number of benzene rings is 1. The lowest BCUT2D eigenvalue weighted by atomic mass is 10.1. The molecule has 0 spiro atoms. The van der Waals surface area contributed by atoms with Crippen LogP contribution in [0.2, 0.25) is 0 Å². The molecule has 1 amide bonds. The molecule has 0 radical (unpaired) electrons. The van der Waals surface area contributed by atoms with Gasteiger partial charge in [-0.1, -0.05) is 18.2 Å². The van der Waals surface area contributed by atoms with Crippen LogP contribution < -0.4 is 5.32 Å². The molecule has 0 aliphatic heterocycles. The van der Waals surface area contributed by atoms with Gasteiger partial charge in [0.15, 0.2) is 5.03 Å². The number of sulfone groups is 1. The highest BCUT2D eigenvalue weighted by Gasteiger charge is 2.20. The predicted molar refractivity (Wildman–Crippen MR) is 79.3 cm³/mol. The summed E-state index contributed by atoms with van der Waals surface area (Å²) in [7, 11) is -3.76. The molecule has 1 heterocycles. The van der Waals surface area contributed by atoms with Crippen LogP contribution in [0.4, 0.5) is 4.39 Å². The number of nitrogens with one attached hydrogen (secondary N) is 1. The van der Waals surface area contributed by atoms with E-state index < -0.39 is 21.5 Å². The molecular formula is C15H15FN2O3S. The van der Waals surface area contributed by atoms with Crippen LogP contribution in [-0.4, -0.2) is 25.1 Å². The number of aromatic nitrogens is 1. The zero-order chi connectivity index (χ0) is 16.2. The molecule has 0 bridgehead atoms. The first-order valence-electron chi connectivity index (χ1n) is 6.54. The minimum Gasteiger partial charge on any atom is -0.351 e. The number of nitrogens with zero attached hydrogens (tertiary/aromatic N) is 1. The number of rotatable bonds is 5. The smallest absolute Gasteiger partial charge is 0.235 e. The molecule has 0 atom stereocenters. The van der Waals surface area contributed by atoms with E-state index in [0.29, 0.717) is 11.1 Å². The third kappa shape index (κ3) is 4.11. The van der Waals surface area contributed by atoms with E-state index in [0.717, 1.165) is 0 Å². The highest BCUT2D eigenvalue weighted by molar-refractivity contribution is 7.92. The Bertz CT molecular complexity index is 777. The summed E-state index contributed by atoms with van der Waals surface area (Å²) < 4.78 is 37.1. The van der Waals surface area contributed by atoms with Gasteiger partial charge in [0.05, 0.1) is 0 Å². The van der Waals surface area contributed by atoms with Crippen LogP contribution in [-0.2, 0) is 21.2 Å². The molecule has 116 valence electrons. The molecule has 7 heteroatoms. The zero-order valence-corrected chi connectivity index (χ0v) is 12.7. The largest absolute Gasteiger partial charge is 0.351 e. The quantitative estimate of drug-likeness (QED) is 0.907. The Morgan fingerprint density at radius 1 is 1.27 bits per heavy atom. The van der Waals surface area contributed by atoms with Crippen molar-refractivity contribution in [2.75, 3.05) is 5.75 Å². The van der Waals surface area contributed by atoms with Crippen LogP contribution in [0.1, 0.15) is 11.1 Å². The molecule has 0 saturated carbocycles. The molecule has 0 fully saturated rings. The Hall–Kier alpha value is -2.28. The second-order valence-corrected chi connectivity index (χ2v) is 6.72. The van der Waals surface area contributed by atoms with Crippen LogP contribution in [0, 0.1) is 12.7 Å². The summed E-state index contributed by atoms with van der Waals surface area (Å²) in [6, 6.07) is 8.92. The monoisotopic (exact) mass is 322 g/mol. The molecule has 1 N–H and O–H groups in total. The van der Waals surface area contributed by atoms with Crippen molar-refractivity contribution >= 4 is 15.7 Å². The summed E-state index contributed by atoms with van der Waals surface area (Å²) in [5, 5.41) is 2.37. The van der Waals surface area contributed by atoms with E-state index in [4.69, 9.17) is 0 Å². The Kier molecular flexibility index (Phi) is 4.87. The number of amides is 1. The molecule has 2 rings (SSSR count). The van der Waals surface area contributed by atoms with Gasteiger partial charge in [-0.3, -0.25) is 4.79 Å². The van der Waals surface area contributed by atoms with E-state index in [1.807, 2.05) is 0 Å². The van der Waals surface area contributed by atoms with Gasteiger partial charge < -0.3 is 5.32 Å². The normalized spacial score (nSPS) is 11.2. The van der Waals surface area contributed by atoms with Crippen LogP contribution >= 0.6 is 0 Å². The van der Waals surface area contributed by atoms with Crippen molar-refractivity contribution in [3.63, 3.8) is 0 Å². The van der Waals surface area contributed by atoms with Gasteiger partial charge in [-0.25, -0.2) is 17.8 Å².